The van der Waals surface area contributed by atoms with Crippen molar-refractivity contribution in [2.45, 2.75) is 38.6 Å². The summed E-state index contributed by atoms with van der Waals surface area (Å²) in [6.07, 6.45) is 7.72. The van der Waals surface area contributed by atoms with E-state index in [-0.39, 0.29) is 17.9 Å². The van der Waals surface area contributed by atoms with Crippen LogP contribution < -0.4 is 10.3 Å². The van der Waals surface area contributed by atoms with Gasteiger partial charge in [-0.05, 0) is 50.8 Å². The number of hydrogen-bond donors (Lipinski definition) is 1. The van der Waals surface area contributed by atoms with Crippen LogP contribution in [0.2, 0.25) is 0 Å². The maximum atomic E-state index is 13.3. The van der Waals surface area contributed by atoms with E-state index in [9.17, 15) is 9.59 Å². The second-order valence-electron chi connectivity index (χ2n) is 7.91. The van der Waals surface area contributed by atoms with Crippen molar-refractivity contribution in [1.82, 2.24) is 19.9 Å². The Bertz CT molecular complexity index is 1140. The molecule has 1 aliphatic heterocycles. The molecule has 1 aromatic carbocycles. The van der Waals surface area contributed by atoms with E-state index in [0.717, 1.165) is 24.2 Å². The highest BCUT2D eigenvalue weighted by Crippen LogP contribution is 2.44. The zero-order valence-corrected chi connectivity index (χ0v) is 16.7. The van der Waals surface area contributed by atoms with Gasteiger partial charge in [-0.25, -0.2) is 9.50 Å². The van der Waals surface area contributed by atoms with E-state index in [2.05, 4.69) is 20.5 Å². The first-order valence-corrected chi connectivity index (χ1v) is 10.1. The number of para-hydroxylation sites is 1. The van der Waals surface area contributed by atoms with Crippen molar-refractivity contribution in [2.24, 2.45) is 10.5 Å². The van der Waals surface area contributed by atoms with Crippen LogP contribution in [0.15, 0.2) is 60.1 Å². The number of aromatic nitrogens is 3. The molecule has 5 rings (SSSR count). The molecule has 0 atom stereocenters. The Balaban J connectivity index is 1.28. The number of anilines is 1. The molecule has 1 aliphatic carbocycles. The lowest BCUT2D eigenvalue weighted by Crippen LogP contribution is -2.46. The first-order valence-electron chi connectivity index (χ1n) is 10.1. The molecule has 3 aromatic rings. The molecule has 0 unspecified atom stereocenters. The zero-order valence-electron chi connectivity index (χ0n) is 16.7. The quantitative estimate of drug-likeness (QED) is 0.729. The van der Waals surface area contributed by atoms with Crippen LogP contribution in [0, 0.1) is 5.41 Å². The summed E-state index contributed by atoms with van der Waals surface area (Å²) in [6.45, 7) is 1.93. The van der Waals surface area contributed by atoms with Crippen molar-refractivity contribution in [3.8, 4) is 0 Å². The molecule has 0 saturated heterocycles. The van der Waals surface area contributed by atoms with Crippen LogP contribution in [-0.4, -0.2) is 38.2 Å². The molecule has 8 heteroatoms. The number of rotatable bonds is 3. The van der Waals surface area contributed by atoms with Crippen molar-refractivity contribution in [3.05, 3.63) is 60.6 Å². The van der Waals surface area contributed by atoms with E-state index < -0.39 is 5.41 Å². The SMILES string of the molecule is CC1=NN(c2ccccc2)C(=O)C12CCC(NC(=O)c1cnn3cccnc13)CC2. The highest BCUT2D eigenvalue weighted by Gasteiger charge is 2.51. The molecule has 2 amide bonds. The fraction of sp³-hybridized carbons (Fsp3) is 0.318. The zero-order chi connectivity index (χ0) is 20.7. The van der Waals surface area contributed by atoms with E-state index in [0.29, 0.717) is 24.1 Å². The Morgan fingerprint density at radius 3 is 2.70 bits per heavy atom. The highest BCUT2D eigenvalue weighted by molar-refractivity contribution is 6.18. The second-order valence-corrected chi connectivity index (χ2v) is 7.91. The van der Waals surface area contributed by atoms with Gasteiger partial charge >= 0.3 is 0 Å². The molecule has 30 heavy (non-hydrogen) atoms. The van der Waals surface area contributed by atoms with E-state index in [1.54, 1.807) is 23.0 Å². The minimum atomic E-state index is -0.566. The summed E-state index contributed by atoms with van der Waals surface area (Å²) >= 11 is 0. The number of nitrogens with one attached hydrogen (secondary N) is 1. The summed E-state index contributed by atoms with van der Waals surface area (Å²) in [5.41, 5.74) is 2.07. The topological polar surface area (TPSA) is 92.0 Å². The highest BCUT2D eigenvalue weighted by atomic mass is 16.2. The normalized spacial score (nSPS) is 23.8. The Morgan fingerprint density at radius 1 is 1.17 bits per heavy atom. The average molecular weight is 402 g/mol. The molecule has 8 nitrogen and oxygen atoms in total. The van der Waals surface area contributed by atoms with Gasteiger partial charge in [-0.2, -0.15) is 15.2 Å². The first-order chi connectivity index (χ1) is 14.6. The Morgan fingerprint density at radius 2 is 1.93 bits per heavy atom. The number of hydrazone groups is 1. The van der Waals surface area contributed by atoms with E-state index in [4.69, 9.17) is 0 Å². The minimum absolute atomic E-state index is 0.00756. The largest absolute Gasteiger partial charge is 0.349 e. The third-order valence-electron chi connectivity index (χ3n) is 6.24. The summed E-state index contributed by atoms with van der Waals surface area (Å²) in [5, 5.41) is 13.4. The van der Waals surface area contributed by atoms with Gasteiger partial charge in [-0.15, -0.1) is 0 Å². The van der Waals surface area contributed by atoms with Crippen LogP contribution in [0.3, 0.4) is 0 Å². The number of carbonyl (C=O) groups is 2. The fourth-order valence-corrected chi connectivity index (χ4v) is 4.47. The van der Waals surface area contributed by atoms with E-state index in [1.807, 2.05) is 37.3 Å². The molecule has 1 N–H and O–H groups in total. The molecule has 1 fully saturated rings. The number of benzene rings is 1. The summed E-state index contributed by atoms with van der Waals surface area (Å²) < 4.78 is 1.58. The lowest BCUT2D eigenvalue weighted by Gasteiger charge is -2.36. The number of hydrogen-bond acceptors (Lipinski definition) is 5. The fourth-order valence-electron chi connectivity index (χ4n) is 4.47. The monoisotopic (exact) mass is 402 g/mol. The molecular formula is C22H22N6O2. The predicted octanol–water partition coefficient (Wildman–Crippen LogP) is 2.81. The average Bonchev–Trinajstić information content (AvgIpc) is 3.31. The number of fused-ring (bicyclic) bond motifs is 1. The summed E-state index contributed by atoms with van der Waals surface area (Å²) in [7, 11) is 0. The molecular weight excluding hydrogens is 380 g/mol. The van der Waals surface area contributed by atoms with E-state index in [1.165, 1.54) is 11.2 Å². The smallest absolute Gasteiger partial charge is 0.259 e. The Hall–Kier alpha value is -3.55. The van der Waals surface area contributed by atoms with Gasteiger partial charge in [0.15, 0.2) is 5.65 Å². The predicted molar refractivity (Wildman–Crippen MR) is 112 cm³/mol. The van der Waals surface area contributed by atoms with Gasteiger partial charge in [-0.1, -0.05) is 18.2 Å². The lowest BCUT2D eigenvalue weighted by molar-refractivity contribution is -0.125. The standard InChI is InChI=1S/C22H22N6O2/c1-15-22(21(30)28(26-15)17-6-3-2-4-7-17)10-8-16(9-11-22)25-20(29)18-14-24-27-13-5-12-23-19(18)27/h2-7,12-14,16H,8-11H2,1H3,(H,25,29). The molecule has 3 heterocycles. The van der Waals surface area contributed by atoms with Crippen molar-refractivity contribution in [3.63, 3.8) is 0 Å². The summed E-state index contributed by atoms with van der Waals surface area (Å²) in [4.78, 5) is 30.3. The van der Waals surface area contributed by atoms with Gasteiger partial charge in [-0.3, -0.25) is 9.59 Å². The third kappa shape index (κ3) is 2.87. The Kier molecular flexibility index (Phi) is 4.34. The van der Waals surface area contributed by atoms with Gasteiger partial charge in [0.1, 0.15) is 5.56 Å². The van der Waals surface area contributed by atoms with E-state index >= 15 is 0 Å². The van der Waals surface area contributed by atoms with Crippen LogP contribution in [0.25, 0.3) is 5.65 Å². The van der Waals surface area contributed by atoms with Crippen molar-refractivity contribution in [1.29, 1.82) is 0 Å². The van der Waals surface area contributed by atoms with Gasteiger partial charge in [0.2, 0.25) is 0 Å². The van der Waals surface area contributed by atoms with Gasteiger partial charge in [0.25, 0.3) is 11.8 Å². The molecule has 1 saturated carbocycles. The number of amides is 2. The van der Waals surface area contributed by atoms with Crippen LogP contribution in [0.1, 0.15) is 43.0 Å². The Labute approximate surface area is 173 Å². The minimum Gasteiger partial charge on any atom is -0.349 e. The van der Waals surface area contributed by atoms with Crippen molar-refractivity contribution in [2.75, 3.05) is 5.01 Å². The molecule has 0 bridgehead atoms. The molecule has 152 valence electrons. The van der Waals surface area contributed by atoms with Crippen molar-refractivity contribution < 1.29 is 9.59 Å². The van der Waals surface area contributed by atoms with Crippen LogP contribution >= 0.6 is 0 Å². The van der Waals surface area contributed by atoms with Gasteiger partial charge in [0, 0.05) is 18.4 Å². The van der Waals surface area contributed by atoms with Crippen LogP contribution in [-0.2, 0) is 4.79 Å². The maximum absolute atomic E-state index is 13.3. The summed E-state index contributed by atoms with van der Waals surface area (Å²) in [6, 6.07) is 11.3. The number of carbonyl (C=O) groups excluding carboxylic acids is 2. The third-order valence-corrected chi connectivity index (χ3v) is 6.24. The van der Waals surface area contributed by atoms with Crippen molar-refractivity contribution >= 4 is 28.9 Å². The second kappa shape index (κ2) is 7.05. The first kappa shape index (κ1) is 18.5. The maximum Gasteiger partial charge on any atom is 0.259 e. The molecule has 1 spiro atoms. The van der Waals surface area contributed by atoms with Crippen LogP contribution in [0.4, 0.5) is 5.69 Å². The summed E-state index contributed by atoms with van der Waals surface area (Å²) in [5.74, 6) is -0.151. The van der Waals surface area contributed by atoms with Gasteiger partial charge < -0.3 is 5.32 Å². The van der Waals surface area contributed by atoms with Crippen LogP contribution in [0.5, 0.6) is 0 Å². The molecule has 0 radical (unpaired) electrons. The lowest BCUT2D eigenvalue weighted by atomic mass is 9.69. The molecule has 2 aromatic heterocycles. The molecule has 2 aliphatic rings. The van der Waals surface area contributed by atoms with Gasteiger partial charge in [0.05, 0.1) is 23.0 Å². The number of nitrogens with zero attached hydrogens (tertiary/aromatic N) is 5.